The highest BCUT2D eigenvalue weighted by atomic mass is 16.6. The fraction of sp³-hybridized carbons (Fsp3) is 0.458. The average Bonchev–Trinajstić information content (AvgIpc) is 2.73. The summed E-state index contributed by atoms with van der Waals surface area (Å²) in [6.45, 7) is 4.81. The van der Waals surface area contributed by atoms with Crippen molar-refractivity contribution in [1.29, 1.82) is 0 Å². The van der Waals surface area contributed by atoms with Crippen LogP contribution in [0.3, 0.4) is 0 Å². The van der Waals surface area contributed by atoms with Crippen LogP contribution in [-0.4, -0.2) is 19.7 Å². The molecule has 0 aliphatic rings. The molecule has 0 amide bonds. The number of esters is 1. The molecule has 1 unspecified atom stereocenters. The van der Waals surface area contributed by atoms with Gasteiger partial charge < -0.3 is 14.2 Å². The van der Waals surface area contributed by atoms with Crippen molar-refractivity contribution in [3.63, 3.8) is 0 Å². The summed E-state index contributed by atoms with van der Waals surface area (Å²) in [5.74, 6) is 0.661. The molecular weight excluding hydrogens is 352 g/mol. The number of ether oxygens (including phenoxy) is 3. The van der Waals surface area contributed by atoms with Crippen LogP contribution in [0.4, 0.5) is 0 Å². The SMILES string of the molecule is CCCCCCCCOc1ccccc1OC(=O)c1ccc(C(C)OC)cc1. The molecule has 0 aromatic heterocycles. The lowest BCUT2D eigenvalue weighted by Gasteiger charge is -2.12. The summed E-state index contributed by atoms with van der Waals surface area (Å²) in [6, 6.07) is 14.6. The molecule has 0 radical (unpaired) electrons. The highest BCUT2D eigenvalue weighted by Crippen LogP contribution is 2.28. The summed E-state index contributed by atoms with van der Waals surface area (Å²) in [5, 5.41) is 0. The van der Waals surface area contributed by atoms with Crippen LogP contribution in [0, 0.1) is 0 Å². The molecule has 0 spiro atoms. The zero-order valence-corrected chi connectivity index (χ0v) is 17.3. The maximum Gasteiger partial charge on any atom is 0.343 e. The molecular formula is C24H32O4. The van der Waals surface area contributed by atoms with Crippen LogP contribution in [0.5, 0.6) is 11.5 Å². The zero-order valence-electron chi connectivity index (χ0n) is 17.3. The summed E-state index contributed by atoms with van der Waals surface area (Å²) in [6.07, 6.45) is 7.23. The summed E-state index contributed by atoms with van der Waals surface area (Å²) in [4.78, 5) is 12.5. The van der Waals surface area contributed by atoms with E-state index in [0.29, 0.717) is 23.7 Å². The van der Waals surface area contributed by atoms with Crippen molar-refractivity contribution < 1.29 is 19.0 Å². The van der Waals surface area contributed by atoms with Crippen LogP contribution in [0.15, 0.2) is 48.5 Å². The topological polar surface area (TPSA) is 44.8 Å². The van der Waals surface area contributed by atoms with Crippen LogP contribution >= 0.6 is 0 Å². The predicted molar refractivity (Wildman–Crippen MR) is 112 cm³/mol. The van der Waals surface area contributed by atoms with Gasteiger partial charge in [0.2, 0.25) is 0 Å². The number of rotatable bonds is 12. The molecule has 152 valence electrons. The highest BCUT2D eigenvalue weighted by molar-refractivity contribution is 5.91. The number of carbonyl (C=O) groups excluding carboxylic acids is 1. The lowest BCUT2D eigenvalue weighted by molar-refractivity contribution is 0.0727. The van der Waals surface area contributed by atoms with Crippen LogP contribution in [0.2, 0.25) is 0 Å². The number of hydrogen-bond acceptors (Lipinski definition) is 4. The number of hydrogen-bond donors (Lipinski definition) is 0. The standard InChI is InChI=1S/C24H32O4/c1-4-5-6-7-8-11-18-27-22-12-9-10-13-23(22)28-24(25)21-16-14-20(15-17-21)19(2)26-3/h9-10,12-17,19H,4-8,11,18H2,1-3H3. The lowest BCUT2D eigenvalue weighted by Crippen LogP contribution is -2.10. The molecule has 0 aliphatic carbocycles. The van der Waals surface area contributed by atoms with Gasteiger partial charge in [0.1, 0.15) is 0 Å². The number of para-hydroxylation sites is 2. The Morgan fingerprint density at radius 2 is 1.54 bits per heavy atom. The van der Waals surface area contributed by atoms with Crippen molar-refractivity contribution in [1.82, 2.24) is 0 Å². The molecule has 2 rings (SSSR count). The van der Waals surface area contributed by atoms with Gasteiger partial charge in [-0.2, -0.15) is 0 Å². The van der Waals surface area contributed by atoms with E-state index in [2.05, 4.69) is 6.92 Å². The minimum atomic E-state index is -0.396. The molecule has 4 heteroatoms. The molecule has 2 aromatic carbocycles. The summed E-state index contributed by atoms with van der Waals surface area (Å²) < 4.78 is 16.7. The first kappa shape index (κ1) is 22.0. The molecule has 2 aromatic rings. The van der Waals surface area contributed by atoms with E-state index in [1.807, 2.05) is 37.3 Å². The molecule has 0 heterocycles. The highest BCUT2D eigenvalue weighted by Gasteiger charge is 2.13. The Hall–Kier alpha value is -2.33. The van der Waals surface area contributed by atoms with E-state index in [0.717, 1.165) is 18.4 Å². The maximum atomic E-state index is 12.5. The van der Waals surface area contributed by atoms with E-state index >= 15 is 0 Å². The molecule has 0 fully saturated rings. The molecule has 4 nitrogen and oxygen atoms in total. The van der Waals surface area contributed by atoms with Crippen LogP contribution < -0.4 is 9.47 Å². The third-order valence-electron chi connectivity index (χ3n) is 4.78. The number of methoxy groups -OCH3 is 1. The predicted octanol–water partition coefficient (Wildman–Crippen LogP) is 6.35. The Balaban J connectivity index is 1.88. The first-order valence-electron chi connectivity index (χ1n) is 10.2. The first-order chi connectivity index (χ1) is 13.7. The van der Waals surface area contributed by atoms with Gasteiger partial charge in [-0.3, -0.25) is 0 Å². The molecule has 0 aliphatic heterocycles. The fourth-order valence-electron chi connectivity index (χ4n) is 2.90. The first-order valence-corrected chi connectivity index (χ1v) is 10.2. The molecule has 28 heavy (non-hydrogen) atoms. The van der Waals surface area contributed by atoms with Crippen molar-refractivity contribution in [2.45, 2.75) is 58.5 Å². The second-order valence-electron chi connectivity index (χ2n) is 6.95. The van der Waals surface area contributed by atoms with Crippen LogP contribution in [0.25, 0.3) is 0 Å². The van der Waals surface area contributed by atoms with Crippen molar-refractivity contribution >= 4 is 5.97 Å². The normalized spacial score (nSPS) is 11.8. The van der Waals surface area contributed by atoms with E-state index in [1.165, 1.54) is 25.7 Å². The summed E-state index contributed by atoms with van der Waals surface area (Å²) in [5.41, 5.74) is 1.51. The zero-order chi connectivity index (χ0) is 20.2. The largest absolute Gasteiger partial charge is 0.490 e. The quantitative estimate of drug-likeness (QED) is 0.243. The Bertz CT molecular complexity index is 709. The summed E-state index contributed by atoms with van der Waals surface area (Å²) in [7, 11) is 1.66. The third-order valence-corrected chi connectivity index (χ3v) is 4.78. The van der Waals surface area contributed by atoms with E-state index in [1.54, 1.807) is 25.3 Å². The Morgan fingerprint density at radius 1 is 0.893 bits per heavy atom. The second-order valence-corrected chi connectivity index (χ2v) is 6.95. The number of carbonyl (C=O) groups is 1. The van der Waals surface area contributed by atoms with Crippen molar-refractivity contribution in [2.24, 2.45) is 0 Å². The van der Waals surface area contributed by atoms with Crippen LogP contribution in [-0.2, 0) is 4.74 Å². The Kier molecular flexibility index (Phi) is 9.56. The lowest BCUT2D eigenvalue weighted by atomic mass is 10.1. The van der Waals surface area contributed by atoms with Gasteiger partial charge in [-0.05, 0) is 43.2 Å². The van der Waals surface area contributed by atoms with E-state index in [9.17, 15) is 4.79 Å². The van der Waals surface area contributed by atoms with Gasteiger partial charge in [0.15, 0.2) is 11.5 Å². The van der Waals surface area contributed by atoms with Crippen molar-refractivity contribution in [3.8, 4) is 11.5 Å². The van der Waals surface area contributed by atoms with Gasteiger partial charge in [-0.25, -0.2) is 4.79 Å². The van der Waals surface area contributed by atoms with Gasteiger partial charge in [-0.1, -0.05) is 63.3 Å². The molecule has 0 saturated heterocycles. The number of benzene rings is 2. The smallest absolute Gasteiger partial charge is 0.343 e. The van der Waals surface area contributed by atoms with Crippen LogP contribution in [0.1, 0.15) is 74.4 Å². The molecule has 0 N–H and O–H groups in total. The van der Waals surface area contributed by atoms with Crippen molar-refractivity contribution in [2.75, 3.05) is 13.7 Å². The Labute approximate surface area is 168 Å². The monoisotopic (exact) mass is 384 g/mol. The average molecular weight is 385 g/mol. The molecule has 0 saturated carbocycles. The molecule has 0 bridgehead atoms. The second kappa shape index (κ2) is 12.2. The molecule has 1 atom stereocenters. The van der Waals surface area contributed by atoms with Gasteiger partial charge in [0.05, 0.1) is 18.3 Å². The summed E-state index contributed by atoms with van der Waals surface area (Å²) >= 11 is 0. The van der Waals surface area contributed by atoms with Crippen molar-refractivity contribution in [3.05, 3.63) is 59.7 Å². The van der Waals surface area contributed by atoms with E-state index < -0.39 is 5.97 Å². The Morgan fingerprint density at radius 3 is 2.21 bits per heavy atom. The minimum absolute atomic E-state index is 0.0128. The number of unbranched alkanes of at least 4 members (excludes halogenated alkanes) is 5. The maximum absolute atomic E-state index is 12.5. The van der Waals surface area contributed by atoms with E-state index in [-0.39, 0.29) is 6.10 Å². The third kappa shape index (κ3) is 7.01. The van der Waals surface area contributed by atoms with Gasteiger partial charge in [0, 0.05) is 7.11 Å². The fourth-order valence-corrected chi connectivity index (χ4v) is 2.90. The van der Waals surface area contributed by atoms with E-state index in [4.69, 9.17) is 14.2 Å². The van der Waals surface area contributed by atoms with Gasteiger partial charge in [0.25, 0.3) is 0 Å². The van der Waals surface area contributed by atoms with Gasteiger partial charge in [-0.15, -0.1) is 0 Å². The minimum Gasteiger partial charge on any atom is -0.490 e. The van der Waals surface area contributed by atoms with Gasteiger partial charge >= 0.3 is 5.97 Å².